The maximum absolute atomic E-state index is 12.0. The van der Waals surface area contributed by atoms with Gasteiger partial charge in [-0.1, -0.05) is 37.6 Å². The molecule has 20 heavy (non-hydrogen) atoms. The zero-order valence-electron chi connectivity index (χ0n) is 12.1. The van der Waals surface area contributed by atoms with Gasteiger partial charge in [0.2, 0.25) is 5.91 Å². The molecule has 2 rings (SSSR count). The molecule has 1 aliphatic rings. The summed E-state index contributed by atoms with van der Waals surface area (Å²) in [4.78, 5) is 14.2. The second-order valence-corrected chi connectivity index (χ2v) is 5.34. The van der Waals surface area contributed by atoms with E-state index >= 15 is 0 Å². The highest BCUT2D eigenvalue weighted by Gasteiger charge is 2.30. The predicted molar refractivity (Wildman–Crippen MR) is 83.3 cm³/mol. The van der Waals surface area contributed by atoms with Crippen LogP contribution < -0.4 is 15.5 Å². The Hall–Kier alpha value is -1.26. The molecule has 1 atom stereocenters. The Morgan fingerprint density at radius 2 is 2.25 bits per heavy atom. The van der Waals surface area contributed by atoms with Crippen molar-refractivity contribution < 1.29 is 4.79 Å². The first-order chi connectivity index (χ1) is 9.69. The number of halogens is 1. The summed E-state index contributed by atoms with van der Waals surface area (Å²) in [7, 11) is 0. The van der Waals surface area contributed by atoms with Crippen LogP contribution in [0.2, 0.25) is 5.02 Å². The number of amides is 1. The fraction of sp³-hybridized carbons (Fsp3) is 0.533. The van der Waals surface area contributed by atoms with Crippen LogP contribution in [0.1, 0.15) is 25.8 Å². The first-order valence-electron chi connectivity index (χ1n) is 7.21. The summed E-state index contributed by atoms with van der Waals surface area (Å²) in [5.41, 5.74) is 2.14. The van der Waals surface area contributed by atoms with E-state index in [9.17, 15) is 4.79 Å². The van der Waals surface area contributed by atoms with Gasteiger partial charge in [-0.15, -0.1) is 0 Å². The van der Waals surface area contributed by atoms with E-state index in [1.165, 1.54) is 0 Å². The second kappa shape index (κ2) is 6.95. The van der Waals surface area contributed by atoms with E-state index in [4.69, 9.17) is 11.6 Å². The number of piperazine rings is 1. The number of carbonyl (C=O) groups is 1. The molecule has 1 fully saturated rings. The first kappa shape index (κ1) is 15.1. The van der Waals surface area contributed by atoms with E-state index < -0.39 is 0 Å². The molecular formula is C15H22ClN3O. The molecule has 0 saturated carbocycles. The molecular weight excluding hydrogens is 274 g/mol. The topological polar surface area (TPSA) is 44.4 Å². The van der Waals surface area contributed by atoms with Gasteiger partial charge in [0.05, 0.1) is 10.7 Å². The van der Waals surface area contributed by atoms with Crippen molar-refractivity contribution in [1.29, 1.82) is 0 Å². The molecule has 0 radical (unpaired) electrons. The molecule has 110 valence electrons. The molecule has 0 bridgehead atoms. The lowest BCUT2D eigenvalue weighted by Crippen LogP contribution is -2.55. The van der Waals surface area contributed by atoms with Gasteiger partial charge in [0.25, 0.3) is 0 Å². The normalized spacial score (nSPS) is 19.1. The highest BCUT2D eigenvalue weighted by Crippen LogP contribution is 2.32. The van der Waals surface area contributed by atoms with Crippen LogP contribution in [0.3, 0.4) is 0 Å². The lowest BCUT2D eigenvalue weighted by molar-refractivity contribution is -0.123. The quantitative estimate of drug-likeness (QED) is 0.875. The molecule has 4 nitrogen and oxygen atoms in total. The van der Waals surface area contributed by atoms with Crippen molar-refractivity contribution in [3.8, 4) is 0 Å². The average molecular weight is 296 g/mol. The molecule has 2 N–H and O–H groups in total. The second-order valence-electron chi connectivity index (χ2n) is 4.94. The molecule has 1 saturated heterocycles. The van der Waals surface area contributed by atoms with Crippen molar-refractivity contribution in [2.24, 2.45) is 0 Å². The summed E-state index contributed by atoms with van der Waals surface area (Å²) in [5, 5.41) is 6.97. The number of benzene rings is 1. The van der Waals surface area contributed by atoms with E-state index in [2.05, 4.69) is 28.5 Å². The lowest BCUT2D eigenvalue weighted by atomic mass is 10.1. The SMILES string of the molecule is CCNCc1cccc(Cl)c1N1CCNC(=O)C1CC. The van der Waals surface area contributed by atoms with Gasteiger partial charge in [-0.25, -0.2) is 0 Å². The van der Waals surface area contributed by atoms with Crippen molar-refractivity contribution in [3.63, 3.8) is 0 Å². The van der Waals surface area contributed by atoms with Crippen LogP contribution in [0.5, 0.6) is 0 Å². The fourth-order valence-corrected chi connectivity index (χ4v) is 2.97. The van der Waals surface area contributed by atoms with Crippen molar-refractivity contribution >= 4 is 23.2 Å². The summed E-state index contributed by atoms with van der Waals surface area (Å²) in [5.74, 6) is 0.0908. The van der Waals surface area contributed by atoms with E-state index in [-0.39, 0.29) is 11.9 Å². The van der Waals surface area contributed by atoms with Gasteiger partial charge in [-0.2, -0.15) is 0 Å². The number of anilines is 1. The van der Waals surface area contributed by atoms with Gasteiger partial charge in [0.15, 0.2) is 0 Å². The molecule has 1 aromatic carbocycles. The summed E-state index contributed by atoms with van der Waals surface area (Å²) >= 11 is 6.41. The first-order valence-corrected chi connectivity index (χ1v) is 7.59. The molecule has 1 heterocycles. The minimum Gasteiger partial charge on any atom is -0.356 e. The average Bonchev–Trinajstić information content (AvgIpc) is 2.45. The smallest absolute Gasteiger partial charge is 0.242 e. The molecule has 0 aliphatic carbocycles. The number of nitrogens with one attached hydrogen (secondary N) is 2. The van der Waals surface area contributed by atoms with Gasteiger partial charge in [-0.05, 0) is 24.6 Å². The summed E-state index contributed by atoms with van der Waals surface area (Å²) in [6, 6.07) is 5.79. The lowest BCUT2D eigenvalue weighted by Gasteiger charge is -2.38. The highest BCUT2D eigenvalue weighted by atomic mass is 35.5. The van der Waals surface area contributed by atoms with Crippen LogP contribution >= 0.6 is 11.6 Å². The van der Waals surface area contributed by atoms with Crippen molar-refractivity contribution in [1.82, 2.24) is 10.6 Å². The number of rotatable bonds is 5. The number of carbonyl (C=O) groups excluding carboxylic acids is 1. The minimum atomic E-state index is -0.135. The Kier molecular flexibility index (Phi) is 5.26. The molecule has 1 aromatic rings. The van der Waals surface area contributed by atoms with Gasteiger partial charge >= 0.3 is 0 Å². The Morgan fingerprint density at radius 1 is 1.45 bits per heavy atom. The Morgan fingerprint density at radius 3 is 2.95 bits per heavy atom. The van der Waals surface area contributed by atoms with Crippen LogP contribution in [-0.4, -0.2) is 31.6 Å². The predicted octanol–water partition coefficient (Wildman–Crippen LogP) is 2.16. The molecule has 1 aliphatic heterocycles. The van der Waals surface area contributed by atoms with Gasteiger partial charge in [0.1, 0.15) is 6.04 Å². The monoisotopic (exact) mass is 295 g/mol. The van der Waals surface area contributed by atoms with Crippen LogP contribution in [0.15, 0.2) is 18.2 Å². The number of nitrogens with zero attached hydrogens (tertiary/aromatic N) is 1. The van der Waals surface area contributed by atoms with E-state index in [1.807, 2.05) is 19.1 Å². The number of para-hydroxylation sites is 1. The van der Waals surface area contributed by atoms with Crippen LogP contribution in [-0.2, 0) is 11.3 Å². The van der Waals surface area contributed by atoms with E-state index in [1.54, 1.807) is 0 Å². The number of hydrogen-bond acceptors (Lipinski definition) is 3. The summed E-state index contributed by atoms with van der Waals surface area (Å²) < 4.78 is 0. The van der Waals surface area contributed by atoms with Crippen molar-refractivity contribution in [3.05, 3.63) is 28.8 Å². The Labute approximate surface area is 125 Å². The third-order valence-corrected chi connectivity index (χ3v) is 3.95. The van der Waals surface area contributed by atoms with Crippen LogP contribution in [0, 0.1) is 0 Å². The third-order valence-electron chi connectivity index (χ3n) is 3.64. The summed E-state index contributed by atoms with van der Waals surface area (Å²) in [6.45, 7) is 7.25. The molecule has 1 amide bonds. The van der Waals surface area contributed by atoms with Crippen LogP contribution in [0.25, 0.3) is 0 Å². The number of hydrogen-bond donors (Lipinski definition) is 2. The fourth-order valence-electron chi connectivity index (χ4n) is 2.67. The zero-order chi connectivity index (χ0) is 14.5. The highest BCUT2D eigenvalue weighted by molar-refractivity contribution is 6.33. The van der Waals surface area contributed by atoms with Gasteiger partial charge in [-0.3, -0.25) is 4.79 Å². The Balaban J connectivity index is 2.36. The minimum absolute atomic E-state index is 0.0908. The standard InChI is InChI=1S/C15H22ClN3O/c1-3-13-15(20)18-8-9-19(13)14-11(10-17-4-2)6-5-7-12(14)16/h5-7,13,17H,3-4,8-10H2,1-2H3,(H,18,20). The van der Waals surface area contributed by atoms with Gasteiger partial charge < -0.3 is 15.5 Å². The Bertz CT molecular complexity index is 478. The maximum atomic E-state index is 12.0. The third kappa shape index (κ3) is 3.07. The molecule has 5 heteroatoms. The zero-order valence-corrected chi connectivity index (χ0v) is 12.8. The maximum Gasteiger partial charge on any atom is 0.242 e. The summed E-state index contributed by atoms with van der Waals surface area (Å²) in [6.07, 6.45) is 0.775. The van der Waals surface area contributed by atoms with Crippen molar-refractivity contribution in [2.45, 2.75) is 32.9 Å². The molecule has 0 aromatic heterocycles. The van der Waals surface area contributed by atoms with E-state index in [0.29, 0.717) is 11.6 Å². The van der Waals surface area contributed by atoms with Crippen LogP contribution in [0.4, 0.5) is 5.69 Å². The molecule has 0 spiro atoms. The van der Waals surface area contributed by atoms with Gasteiger partial charge in [0, 0.05) is 19.6 Å². The van der Waals surface area contributed by atoms with E-state index in [0.717, 1.165) is 37.3 Å². The van der Waals surface area contributed by atoms with Crippen molar-refractivity contribution in [2.75, 3.05) is 24.5 Å². The largest absolute Gasteiger partial charge is 0.356 e. The molecule has 1 unspecified atom stereocenters.